The predicted molar refractivity (Wildman–Crippen MR) is 206 cm³/mol. The smallest absolute Gasteiger partial charge is 0.565 e. The van der Waals surface area contributed by atoms with E-state index in [1.54, 1.807) is 84.6 Å². The van der Waals surface area contributed by atoms with Crippen molar-refractivity contribution in [1.82, 2.24) is 9.80 Å². The summed E-state index contributed by atoms with van der Waals surface area (Å²) in [6.45, 7) is 0.901. The molecule has 1 N–H and O–H groups in total. The van der Waals surface area contributed by atoms with Crippen LogP contribution in [0.2, 0.25) is 20.1 Å². The average molecular weight is 1140 g/mol. The Kier molecular flexibility index (Phi) is 26.2. The molecule has 6 rings (SSSR count). The van der Waals surface area contributed by atoms with Crippen molar-refractivity contribution in [1.29, 1.82) is 0 Å². The molecule has 0 radical (unpaired) electrons. The molecule has 0 bridgehead atoms. The van der Waals surface area contributed by atoms with Crippen molar-refractivity contribution in [2.24, 2.45) is 0 Å². The van der Waals surface area contributed by atoms with E-state index in [-0.39, 0.29) is 161 Å². The molecular formula is C35H28BrCl4Cs2N2O7S2+. The molecule has 2 heterocycles. The van der Waals surface area contributed by atoms with Gasteiger partial charge in [-0.05, 0) is 79.3 Å². The number of hydrogen-bond donors (Lipinski definition) is 2. The molecule has 0 fully saturated rings. The monoisotopic (exact) mass is 1140 g/mol. The first kappa shape index (κ1) is 51.9. The molecule has 4 amide bonds. The van der Waals surface area contributed by atoms with E-state index in [1.165, 1.54) is 9.80 Å². The Balaban J connectivity index is 0.000000403. The molecule has 0 unspecified atom stereocenters. The van der Waals surface area contributed by atoms with Crippen molar-refractivity contribution in [3.8, 4) is 0 Å². The number of benzene rings is 4. The number of thiol groups is 1. The third-order valence-corrected chi connectivity index (χ3v) is 10.3. The molecule has 0 spiro atoms. The van der Waals surface area contributed by atoms with Gasteiger partial charge in [0.15, 0.2) is 0 Å². The largest absolute Gasteiger partial charge is 1.00 e. The fourth-order valence-electron chi connectivity index (χ4n) is 4.57. The van der Waals surface area contributed by atoms with E-state index in [1.807, 2.05) is 12.1 Å². The summed E-state index contributed by atoms with van der Waals surface area (Å²) in [4.78, 5) is 61.0. The number of carboxylic acid groups (broad SMARTS) is 2. The number of halogens is 5. The second-order valence-corrected chi connectivity index (χ2v) is 14.4. The molecule has 9 nitrogen and oxygen atoms in total. The summed E-state index contributed by atoms with van der Waals surface area (Å²) in [5, 5.41) is 18.3. The van der Waals surface area contributed by atoms with Crippen LogP contribution in [0.1, 0.15) is 54.3 Å². The predicted octanol–water partition coefficient (Wildman–Crippen LogP) is 3.02. The molecule has 0 atom stereocenters. The zero-order valence-electron chi connectivity index (χ0n) is 28.4. The molecular weight excluding hydrogens is 1110 g/mol. The summed E-state index contributed by atoms with van der Waals surface area (Å²) in [5.74, 6) is 0.0362. The van der Waals surface area contributed by atoms with Crippen LogP contribution < -0.4 is 143 Å². The maximum atomic E-state index is 12.2. The van der Waals surface area contributed by atoms with Gasteiger partial charge in [-0.3, -0.25) is 29.0 Å². The van der Waals surface area contributed by atoms with Crippen molar-refractivity contribution in [2.45, 2.75) is 22.6 Å². The number of imide groups is 2. The quantitative estimate of drug-likeness (QED) is 0.0906. The Hall–Kier alpha value is 0.874. The SMILES string of the molecule is O=C([O-])O.O=C1c2ccccc2C(=O)N1CCCBr.O=C1c2ccccc2C(=O)N1CCCSc1ccc(Cl)c(Cl)c1.Sc1ccc(Cl)c(Cl)c1.[Cs+].[Cs+]. The van der Waals surface area contributed by atoms with E-state index in [0.29, 0.717) is 55.4 Å². The fraction of sp³-hybridized carbons (Fsp3) is 0.171. The summed E-state index contributed by atoms with van der Waals surface area (Å²) in [7, 11) is 0. The summed E-state index contributed by atoms with van der Waals surface area (Å²) < 4.78 is 0. The Morgan fingerprint density at radius 1 is 0.660 bits per heavy atom. The summed E-state index contributed by atoms with van der Waals surface area (Å²) in [6, 6.07) is 24.6. The topological polar surface area (TPSA) is 135 Å². The van der Waals surface area contributed by atoms with Gasteiger partial charge in [0.05, 0.1) is 42.3 Å². The Morgan fingerprint density at radius 3 is 1.40 bits per heavy atom. The number of amides is 4. The van der Waals surface area contributed by atoms with Gasteiger partial charge in [0.25, 0.3) is 23.6 Å². The van der Waals surface area contributed by atoms with Crippen LogP contribution in [0.5, 0.6) is 0 Å². The van der Waals surface area contributed by atoms with Crippen molar-refractivity contribution in [2.75, 3.05) is 24.2 Å². The second kappa shape index (κ2) is 26.8. The Labute approximate surface area is 463 Å². The Morgan fingerprint density at radius 2 is 1.04 bits per heavy atom. The third kappa shape index (κ3) is 16.2. The van der Waals surface area contributed by atoms with Crippen LogP contribution in [0.25, 0.3) is 0 Å². The van der Waals surface area contributed by atoms with Gasteiger partial charge in [-0.1, -0.05) is 86.6 Å². The van der Waals surface area contributed by atoms with E-state index in [9.17, 15) is 19.2 Å². The first-order chi connectivity index (χ1) is 24.3. The number of nitrogens with zero attached hydrogens (tertiary/aromatic N) is 2. The van der Waals surface area contributed by atoms with Crippen LogP contribution in [-0.4, -0.2) is 68.9 Å². The van der Waals surface area contributed by atoms with Gasteiger partial charge in [-0.15, -0.1) is 24.4 Å². The van der Waals surface area contributed by atoms with Gasteiger partial charge in [0, 0.05) is 28.2 Å². The maximum Gasteiger partial charge on any atom is 1.00 e. The molecule has 53 heavy (non-hydrogen) atoms. The maximum absolute atomic E-state index is 12.2. The average Bonchev–Trinajstić information content (AvgIpc) is 3.49. The molecule has 4 aromatic carbocycles. The van der Waals surface area contributed by atoms with Crippen LogP contribution >= 0.6 is 86.7 Å². The minimum absolute atomic E-state index is 0. The van der Waals surface area contributed by atoms with Crippen molar-refractivity contribution in [3.63, 3.8) is 0 Å². The molecule has 2 aliphatic rings. The third-order valence-electron chi connectivity index (χ3n) is 6.86. The zero-order valence-corrected chi connectivity index (χ0v) is 47.2. The van der Waals surface area contributed by atoms with Gasteiger partial charge < -0.3 is 15.0 Å². The van der Waals surface area contributed by atoms with Gasteiger partial charge in [0.2, 0.25) is 6.16 Å². The number of rotatable bonds is 8. The molecule has 0 saturated heterocycles. The minimum Gasteiger partial charge on any atom is -0.565 e. The van der Waals surface area contributed by atoms with E-state index < -0.39 is 6.16 Å². The summed E-state index contributed by atoms with van der Waals surface area (Å²) >= 11 is 32.1. The normalized spacial score (nSPS) is 12.1. The number of hydrogen-bond acceptors (Lipinski definition) is 8. The van der Waals surface area contributed by atoms with Crippen LogP contribution in [0.4, 0.5) is 4.79 Å². The molecule has 0 aliphatic carbocycles. The van der Waals surface area contributed by atoms with E-state index in [4.69, 9.17) is 61.4 Å². The van der Waals surface area contributed by atoms with Crippen molar-refractivity contribution < 1.29 is 172 Å². The molecule has 2 aliphatic heterocycles. The number of alkyl halides is 1. The van der Waals surface area contributed by atoms with Gasteiger partial charge in [0.1, 0.15) is 0 Å². The Bertz CT molecular complexity index is 1860. The molecule has 0 aromatic heterocycles. The van der Waals surface area contributed by atoms with Crippen LogP contribution in [0.3, 0.4) is 0 Å². The van der Waals surface area contributed by atoms with Gasteiger partial charge in [-0.2, -0.15) is 0 Å². The fourth-order valence-corrected chi connectivity index (χ4v) is 6.63. The first-order valence-corrected chi connectivity index (χ1v) is 18.9. The van der Waals surface area contributed by atoms with E-state index >= 15 is 0 Å². The number of carbonyl (C=O) groups is 5. The van der Waals surface area contributed by atoms with Gasteiger partial charge in [-0.25, -0.2) is 0 Å². The molecule has 18 heteroatoms. The second-order valence-electron chi connectivity index (χ2n) is 10.3. The van der Waals surface area contributed by atoms with Crippen LogP contribution in [0, 0.1) is 0 Å². The van der Waals surface area contributed by atoms with Crippen LogP contribution in [0.15, 0.2) is 94.7 Å². The van der Waals surface area contributed by atoms with Crippen molar-refractivity contribution >= 4 is 117 Å². The minimum atomic E-state index is -2.08. The summed E-state index contributed by atoms with van der Waals surface area (Å²) in [5.41, 5.74) is 2.04. The first-order valence-electron chi connectivity index (χ1n) is 14.8. The molecule has 0 saturated carbocycles. The molecule has 4 aromatic rings. The standard InChI is InChI=1S/C17H13Cl2NO2S.C11H10BrNO2.C6H4Cl2S.CH2O3.2Cs/c18-14-7-6-11(10-15(14)19)23-9-3-8-20-16(21)12-4-1-2-5-13(12)17(20)22;12-6-3-7-13-10(14)8-4-1-2-5-9(8)11(13)15;7-5-2-1-4(9)3-6(5)8;2-1(3)4;;/h1-2,4-7,10H,3,8-9H2;1-2,4-5H,3,6-7H2;1-3,9H;(H2,2,3,4);;/q;;;;2*+1/p-1. The number of fused-ring (bicyclic) bond motifs is 2. The van der Waals surface area contributed by atoms with E-state index in [2.05, 4.69) is 28.6 Å². The van der Waals surface area contributed by atoms with Crippen LogP contribution in [-0.2, 0) is 0 Å². The molecule has 268 valence electrons. The number of thioether (sulfide) groups is 1. The van der Waals surface area contributed by atoms with Crippen molar-refractivity contribution in [3.05, 3.63) is 127 Å². The van der Waals surface area contributed by atoms with Gasteiger partial charge >= 0.3 is 138 Å². The summed E-state index contributed by atoms with van der Waals surface area (Å²) in [6.07, 6.45) is -0.581. The number of carbonyl (C=O) groups excluding carboxylic acids is 4. The van der Waals surface area contributed by atoms with E-state index in [0.717, 1.165) is 33.7 Å². The zero-order chi connectivity index (χ0) is 37.7.